The van der Waals surface area contributed by atoms with Crippen molar-refractivity contribution in [2.75, 3.05) is 11.9 Å². The molecule has 2 saturated carbocycles. The fraction of sp³-hybridized carbons (Fsp3) is 0.733. The van der Waals surface area contributed by atoms with Gasteiger partial charge < -0.3 is 5.32 Å². The van der Waals surface area contributed by atoms with E-state index in [1.54, 1.807) is 10.9 Å². The molecule has 2 fully saturated rings. The van der Waals surface area contributed by atoms with Gasteiger partial charge in [0.25, 0.3) is 5.56 Å². The highest BCUT2D eigenvalue weighted by Gasteiger charge is 2.32. The second-order valence-corrected chi connectivity index (χ2v) is 7.08. The summed E-state index contributed by atoms with van der Waals surface area (Å²) in [6.45, 7) is 3.79. The highest BCUT2D eigenvalue weighted by atomic mass is 35.5. The van der Waals surface area contributed by atoms with Gasteiger partial charge in [-0.2, -0.15) is 5.10 Å². The molecule has 2 aliphatic carbocycles. The smallest absolute Gasteiger partial charge is 0.291 e. The average Bonchev–Trinajstić information content (AvgIpc) is 2.33. The Kier molecular flexibility index (Phi) is 3.76. The molecule has 0 atom stereocenters. The number of aromatic nitrogens is 2. The second-order valence-electron chi connectivity index (χ2n) is 6.67. The van der Waals surface area contributed by atoms with Crippen molar-refractivity contribution < 1.29 is 0 Å². The van der Waals surface area contributed by atoms with Crippen LogP contribution >= 0.6 is 11.6 Å². The number of halogens is 1. The second kappa shape index (κ2) is 5.40. The van der Waals surface area contributed by atoms with E-state index in [0.717, 1.165) is 13.1 Å². The highest BCUT2D eigenvalue weighted by molar-refractivity contribution is 6.32. The Bertz CT molecular complexity index is 547. The molecule has 0 aliphatic heterocycles. The van der Waals surface area contributed by atoms with Crippen LogP contribution in [0.25, 0.3) is 0 Å². The average molecular weight is 296 g/mol. The summed E-state index contributed by atoms with van der Waals surface area (Å²) in [5, 5.41) is 7.87. The van der Waals surface area contributed by atoms with Crippen LogP contribution in [0.2, 0.25) is 5.02 Å². The summed E-state index contributed by atoms with van der Waals surface area (Å²) in [5.74, 6) is 0.610. The van der Waals surface area contributed by atoms with Crippen molar-refractivity contribution in [1.29, 1.82) is 0 Å². The Morgan fingerprint density at radius 2 is 2.20 bits per heavy atom. The van der Waals surface area contributed by atoms with Gasteiger partial charge in [0.2, 0.25) is 0 Å². The van der Waals surface area contributed by atoms with Gasteiger partial charge in [-0.1, -0.05) is 31.4 Å². The lowest BCUT2D eigenvalue weighted by Gasteiger charge is -2.38. The first-order valence-electron chi connectivity index (χ1n) is 7.57. The van der Waals surface area contributed by atoms with E-state index in [-0.39, 0.29) is 5.56 Å². The zero-order valence-electron chi connectivity index (χ0n) is 12.0. The summed E-state index contributed by atoms with van der Waals surface area (Å²) in [6.07, 6.45) is 9.00. The molecular formula is C15H22ClN3O. The standard InChI is InChI=1S/C15H22ClN3O/c1-15(6-3-7-15)10-17-13-12(16)8-18-19(14(13)20)9-11-4-2-5-11/h8,11,17H,2-7,9-10H2,1H3. The van der Waals surface area contributed by atoms with E-state index in [2.05, 4.69) is 17.3 Å². The van der Waals surface area contributed by atoms with Gasteiger partial charge >= 0.3 is 0 Å². The van der Waals surface area contributed by atoms with Gasteiger partial charge in [0.05, 0.1) is 11.2 Å². The summed E-state index contributed by atoms with van der Waals surface area (Å²) in [6, 6.07) is 0. The Hall–Kier alpha value is -1.03. The van der Waals surface area contributed by atoms with Crippen LogP contribution < -0.4 is 10.9 Å². The minimum absolute atomic E-state index is 0.0766. The van der Waals surface area contributed by atoms with Gasteiger partial charge in [0.1, 0.15) is 5.69 Å². The zero-order valence-corrected chi connectivity index (χ0v) is 12.7. The molecule has 0 aromatic carbocycles. The molecule has 20 heavy (non-hydrogen) atoms. The molecule has 0 amide bonds. The first kappa shape index (κ1) is 13.9. The van der Waals surface area contributed by atoms with E-state index in [1.165, 1.54) is 38.5 Å². The lowest BCUT2D eigenvalue weighted by Crippen LogP contribution is -2.36. The van der Waals surface area contributed by atoms with Crippen LogP contribution in [-0.4, -0.2) is 16.3 Å². The summed E-state index contributed by atoms with van der Waals surface area (Å²) >= 11 is 6.14. The zero-order chi connectivity index (χ0) is 14.2. The first-order valence-corrected chi connectivity index (χ1v) is 7.95. The molecular weight excluding hydrogens is 274 g/mol. The Balaban J connectivity index is 1.74. The van der Waals surface area contributed by atoms with Gasteiger partial charge in [-0.25, -0.2) is 4.68 Å². The maximum Gasteiger partial charge on any atom is 0.291 e. The van der Waals surface area contributed by atoms with Crippen LogP contribution in [-0.2, 0) is 6.54 Å². The third kappa shape index (κ3) is 2.71. The van der Waals surface area contributed by atoms with Gasteiger partial charge in [-0.3, -0.25) is 4.79 Å². The summed E-state index contributed by atoms with van der Waals surface area (Å²) in [4.78, 5) is 12.4. The first-order chi connectivity index (χ1) is 9.57. The summed E-state index contributed by atoms with van der Waals surface area (Å²) in [7, 11) is 0. The molecule has 0 spiro atoms. The van der Waals surface area contributed by atoms with Gasteiger partial charge in [0.15, 0.2) is 0 Å². The summed E-state index contributed by atoms with van der Waals surface area (Å²) < 4.78 is 1.57. The monoisotopic (exact) mass is 295 g/mol. The predicted octanol–water partition coefficient (Wildman–Crippen LogP) is 3.30. The lowest BCUT2D eigenvalue weighted by atomic mass is 9.70. The van der Waals surface area contributed by atoms with Crippen LogP contribution in [0, 0.1) is 11.3 Å². The molecule has 1 heterocycles. The third-order valence-corrected chi connectivity index (χ3v) is 5.19. The van der Waals surface area contributed by atoms with Crippen molar-refractivity contribution in [1.82, 2.24) is 9.78 Å². The minimum atomic E-state index is -0.0766. The van der Waals surface area contributed by atoms with E-state index >= 15 is 0 Å². The topological polar surface area (TPSA) is 46.9 Å². The molecule has 0 unspecified atom stereocenters. The largest absolute Gasteiger partial charge is 0.379 e. The molecule has 1 aromatic heterocycles. The van der Waals surface area contributed by atoms with Gasteiger partial charge in [-0.15, -0.1) is 0 Å². The third-order valence-electron chi connectivity index (χ3n) is 4.91. The van der Waals surface area contributed by atoms with Crippen molar-refractivity contribution in [3.63, 3.8) is 0 Å². The van der Waals surface area contributed by atoms with E-state index in [1.807, 2.05) is 0 Å². The molecule has 0 saturated heterocycles. The van der Waals surface area contributed by atoms with Gasteiger partial charge in [-0.05, 0) is 37.0 Å². The number of hydrogen-bond donors (Lipinski definition) is 1. The molecule has 5 heteroatoms. The molecule has 0 radical (unpaired) electrons. The molecule has 4 nitrogen and oxygen atoms in total. The van der Waals surface area contributed by atoms with Crippen LogP contribution in [0.15, 0.2) is 11.0 Å². The minimum Gasteiger partial charge on any atom is -0.379 e. The lowest BCUT2D eigenvalue weighted by molar-refractivity contribution is 0.180. The fourth-order valence-corrected chi connectivity index (χ4v) is 3.13. The van der Waals surface area contributed by atoms with Crippen molar-refractivity contribution >= 4 is 17.3 Å². The SMILES string of the molecule is CC1(CNc2c(Cl)cnn(CC3CCC3)c2=O)CCC1. The quantitative estimate of drug-likeness (QED) is 0.906. The van der Waals surface area contributed by atoms with Crippen molar-refractivity contribution in [2.24, 2.45) is 11.3 Å². The van der Waals surface area contributed by atoms with E-state index in [4.69, 9.17) is 11.6 Å². The van der Waals surface area contributed by atoms with Crippen molar-refractivity contribution in [3.05, 3.63) is 21.6 Å². The number of anilines is 1. The predicted molar refractivity (Wildman–Crippen MR) is 81.3 cm³/mol. The molecule has 0 bridgehead atoms. The maximum atomic E-state index is 12.4. The van der Waals surface area contributed by atoms with Crippen LogP contribution in [0.3, 0.4) is 0 Å². The van der Waals surface area contributed by atoms with Gasteiger partial charge in [0, 0.05) is 13.1 Å². The normalized spacial score (nSPS) is 21.1. The van der Waals surface area contributed by atoms with Crippen molar-refractivity contribution in [2.45, 2.75) is 52.0 Å². The Morgan fingerprint density at radius 3 is 2.75 bits per heavy atom. The number of nitrogens with zero attached hydrogens (tertiary/aromatic N) is 2. The highest BCUT2D eigenvalue weighted by Crippen LogP contribution is 2.40. The van der Waals surface area contributed by atoms with Crippen LogP contribution in [0.4, 0.5) is 5.69 Å². The maximum absolute atomic E-state index is 12.4. The number of rotatable bonds is 5. The molecule has 110 valence electrons. The molecule has 1 aromatic rings. The Labute approximate surface area is 124 Å². The van der Waals surface area contributed by atoms with Crippen LogP contribution in [0.5, 0.6) is 0 Å². The molecule has 1 N–H and O–H groups in total. The number of nitrogens with one attached hydrogen (secondary N) is 1. The van der Waals surface area contributed by atoms with E-state index in [9.17, 15) is 4.79 Å². The fourth-order valence-electron chi connectivity index (χ4n) is 2.94. The van der Waals surface area contributed by atoms with E-state index in [0.29, 0.717) is 22.0 Å². The van der Waals surface area contributed by atoms with Crippen molar-refractivity contribution in [3.8, 4) is 0 Å². The Morgan fingerprint density at radius 1 is 1.45 bits per heavy atom. The number of hydrogen-bond acceptors (Lipinski definition) is 3. The van der Waals surface area contributed by atoms with E-state index < -0.39 is 0 Å². The molecule has 3 rings (SSSR count). The summed E-state index contributed by atoms with van der Waals surface area (Å²) in [5.41, 5.74) is 0.763. The molecule has 2 aliphatic rings. The van der Waals surface area contributed by atoms with Crippen LogP contribution in [0.1, 0.15) is 45.4 Å².